The van der Waals surface area contributed by atoms with Crippen LogP contribution >= 0.6 is 31.9 Å². The fraction of sp³-hybridized carbons (Fsp3) is 0.250. The molecule has 0 spiro atoms. The monoisotopic (exact) mass is 525 g/mol. The van der Waals surface area contributed by atoms with E-state index in [1.54, 1.807) is 19.1 Å². The molecule has 0 atom stereocenters. The Hall–Kier alpha value is -2.21. The van der Waals surface area contributed by atoms with Gasteiger partial charge in [-0.1, -0.05) is 0 Å². The van der Waals surface area contributed by atoms with Crippen LogP contribution in [0.3, 0.4) is 0 Å². The second-order valence-electron chi connectivity index (χ2n) is 5.69. The van der Waals surface area contributed by atoms with E-state index in [9.17, 15) is 33.4 Å². The van der Waals surface area contributed by atoms with Crippen LogP contribution in [0, 0.1) is 27.2 Å². The Morgan fingerprint density at radius 3 is 1.93 bits per heavy atom. The zero-order valence-electron chi connectivity index (χ0n) is 14.4. The highest BCUT2D eigenvalue weighted by molar-refractivity contribution is 9.11. The minimum Gasteiger partial charge on any atom is -0.334 e. The molecule has 2 aromatic carbocycles. The van der Waals surface area contributed by atoms with Gasteiger partial charge in [0.15, 0.2) is 0 Å². The summed E-state index contributed by atoms with van der Waals surface area (Å²) < 4.78 is 42.0. The highest BCUT2D eigenvalue weighted by Crippen LogP contribution is 2.49. The number of hydrogen-bond donors (Lipinski definition) is 0. The number of anilines is 2. The van der Waals surface area contributed by atoms with Crippen molar-refractivity contribution in [2.45, 2.75) is 20.0 Å². The highest BCUT2D eigenvalue weighted by atomic mass is 79.9. The van der Waals surface area contributed by atoms with E-state index in [4.69, 9.17) is 0 Å². The fourth-order valence-corrected chi connectivity index (χ4v) is 4.57. The van der Waals surface area contributed by atoms with Gasteiger partial charge < -0.3 is 4.90 Å². The Labute approximate surface area is 173 Å². The third-order valence-electron chi connectivity index (χ3n) is 3.80. The Balaban J connectivity index is 2.96. The number of nitro benzene ring substituents is 2. The summed E-state index contributed by atoms with van der Waals surface area (Å²) in [5.74, 6) is 0. The molecule has 0 unspecified atom stereocenters. The summed E-state index contributed by atoms with van der Waals surface area (Å²) in [5.41, 5.74) is -3.22. The molecule has 0 N–H and O–H groups in total. The third-order valence-corrected chi connectivity index (χ3v) is 5.01. The summed E-state index contributed by atoms with van der Waals surface area (Å²) in [6, 6.07) is 4.13. The first-order valence-corrected chi connectivity index (χ1v) is 9.24. The smallest absolute Gasteiger partial charge is 0.334 e. The Kier molecular flexibility index (Phi) is 6.34. The second kappa shape index (κ2) is 8.03. The molecule has 0 aliphatic rings. The van der Waals surface area contributed by atoms with Gasteiger partial charge in [0.1, 0.15) is 5.69 Å². The summed E-state index contributed by atoms with van der Waals surface area (Å²) in [4.78, 5) is 21.5. The van der Waals surface area contributed by atoms with Crippen molar-refractivity contribution < 1.29 is 23.0 Å². The van der Waals surface area contributed by atoms with Gasteiger partial charge in [-0.2, -0.15) is 13.2 Å². The van der Waals surface area contributed by atoms with Crippen LogP contribution in [0.5, 0.6) is 0 Å². The summed E-state index contributed by atoms with van der Waals surface area (Å²) in [6.07, 6.45) is -5.05. The van der Waals surface area contributed by atoms with E-state index in [1.807, 2.05) is 0 Å². The molecule has 150 valence electrons. The van der Waals surface area contributed by atoms with E-state index in [0.717, 1.165) is 10.5 Å². The summed E-state index contributed by atoms with van der Waals surface area (Å²) in [6.45, 7) is 3.22. The van der Waals surface area contributed by atoms with Crippen molar-refractivity contribution in [3.05, 3.63) is 64.6 Å². The maximum Gasteiger partial charge on any atom is 0.418 e. The molecule has 0 fully saturated rings. The van der Waals surface area contributed by atoms with Crippen LogP contribution in [0.2, 0.25) is 0 Å². The first-order valence-electron chi connectivity index (χ1n) is 7.65. The molecule has 0 bridgehead atoms. The van der Waals surface area contributed by atoms with Gasteiger partial charge in [0, 0.05) is 21.6 Å². The van der Waals surface area contributed by atoms with Crippen LogP contribution in [-0.4, -0.2) is 16.4 Å². The third kappa shape index (κ3) is 4.27. The quantitative estimate of drug-likeness (QED) is 0.327. The lowest BCUT2D eigenvalue weighted by atomic mass is 10.1. The normalized spacial score (nSPS) is 11.4. The number of nitrogens with zero attached hydrogens (tertiary/aromatic N) is 3. The molecule has 2 aromatic rings. The summed E-state index contributed by atoms with van der Waals surface area (Å²) in [7, 11) is 0. The molecular weight excluding hydrogens is 515 g/mol. The van der Waals surface area contributed by atoms with Crippen LogP contribution in [0.15, 0.2) is 33.2 Å². The number of nitro groups is 2. The Morgan fingerprint density at radius 2 is 1.54 bits per heavy atom. The molecule has 0 aliphatic carbocycles. The SMILES string of the molecule is CCN(c1c(Br)cc(C)cc1Br)c1c([N+](=O)[O-])cc([N+](=O)[O-])cc1C(F)(F)F. The summed E-state index contributed by atoms with van der Waals surface area (Å²) in [5, 5.41) is 22.5. The predicted molar refractivity (Wildman–Crippen MR) is 104 cm³/mol. The lowest BCUT2D eigenvalue weighted by molar-refractivity contribution is -0.394. The van der Waals surface area contributed by atoms with Gasteiger partial charge in [-0.15, -0.1) is 0 Å². The van der Waals surface area contributed by atoms with Crippen LogP contribution in [-0.2, 0) is 6.18 Å². The maximum absolute atomic E-state index is 13.7. The molecule has 28 heavy (non-hydrogen) atoms. The number of rotatable bonds is 5. The molecule has 0 radical (unpaired) electrons. The molecule has 0 amide bonds. The van der Waals surface area contributed by atoms with Crippen LogP contribution in [0.1, 0.15) is 18.1 Å². The highest BCUT2D eigenvalue weighted by Gasteiger charge is 2.42. The molecule has 2 rings (SSSR count). The van der Waals surface area contributed by atoms with E-state index in [2.05, 4.69) is 31.9 Å². The zero-order valence-corrected chi connectivity index (χ0v) is 17.6. The van der Waals surface area contributed by atoms with Gasteiger partial charge in [0.05, 0.1) is 27.2 Å². The summed E-state index contributed by atoms with van der Waals surface area (Å²) >= 11 is 6.56. The van der Waals surface area contributed by atoms with E-state index in [0.29, 0.717) is 21.1 Å². The van der Waals surface area contributed by atoms with E-state index in [1.165, 1.54) is 6.92 Å². The molecular formula is C16H12Br2F3N3O4. The second-order valence-corrected chi connectivity index (χ2v) is 7.40. The van der Waals surface area contributed by atoms with E-state index < -0.39 is 38.6 Å². The average molecular weight is 527 g/mol. The van der Waals surface area contributed by atoms with Gasteiger partial charge >= 0.3 is 6.18 Å². The molecule has 0 heterocycles. The lowest BCUT2D eigenvalue weighted by Gasteiger charge is -2.28. The molecule has 0 aromatic heterocycles. The van der Waals surface area contributed by atoms with Gasteiger partial charge in [-0.05, 0) is 63.4 Å². The van der Waals surface area contributed by atoms with Gasteiger partial charge in [0.2, 0.25) is 0 Å². The van der Waals surface area contributed by atoms with Gasteiger partial charge in [-0.25, -0.2) is 0 Å². The lowest BCUT2D eigenvalue weighted by Crippen LogP contribution is -2.23. The average Bonchev–Trinajstić information content (AvgIpc) is 2.55. The number of benzene rings is 2. The maximum atomic E-state index is 13.7. The first-order chi connectivity index (χ1) is 12.9. The van der Waals surface area contributed by atoms with Crippen molar-refractivity contribution >= 4 is 54.6 Å². The zero-order chi connectivity index (χ0) is 21.4. The topological polar surface area (TPSA) is 89.5 Å². The molecule has 12 heteroatoms. The number of halogens is 5. The number of non-ortho nitro benzene ring substituents is 1. The Bertz CT molecular complexity index is 944. The number of aryl methyl sites for hydroxylation is 1. The van der Waals surface area contributed by atoms with Crippen molar-refractivity contribution in [2.75, 3.05) is 11.4 Å². The largest absolute Gasteiger partial charge is 0.418 e. The first kappa shape index (κ1) is 22.1. The van der Waals surface area contributed by atoms with Crippen molar-refractivity contribution in [1.29, 1.82) is 0 Å². The van der Waals surface area contributed by atoms with Crippen LogP contribution in [0.4, 0.5) is 35.9 Å². The minimum atomic E-state index is -5.05. The molecule has 0 aliphatic heterocycles. The van der Waals surface area contributed by atoms with Crippen LogP contribution in [0.25, 0.3) is 0 Å². The van der Waals surface area contributed by atoms with Crippen molar-refractivity contribution in [3.63, 3.8) is 0 Å². The van der Waals surface area contributed by atoms with Crippen molar-refractivity contribution in [2.24, 2.45) is 0 Å². The number of alkyl halides is 3. The van der Waals surface area contributed by atoms with Gasteiger partial charge in [0.25, 0.3) is 11.4 Å². The fourth-order valence-electron chi connectivity index (χ4n) is 2.73. The molecule has 0 saturated carbocycles. The van der Waals surface area contributed by atoms with E-state index >= 15 is 0 Å². The predicted octanol–water partition coefficient (Wildman–Crippen LogP) is 6.51. The minimum absolute atomic E-state index is 0.0675. The number of hydrogen-bond acceptors (Lipinski definition) is 5. The Morgan fingerprint density at radius 1 is 1.00 bits per heavy atom. The van der Waals surface area contributed by atoms with E-state index in [-0.39, 0.29) is 12.2 Å². The van der Waals surface area contributed by atoms with Crippen LogP contribution < -0.4 is 4.90 Å². The molecule has 7 nitrogen and oxygen atoms in total. The van der Waals surface area contributed by atoms with Gasteiger partial charge in [-0.3, -0.25) is 20.2 Å². The van der Waals surface area contributed by atoms with Crippen molar-refractivity contribution in [1.82, 2.24) is 0 Å². The molecule has 0 saturated heterocycles. The standard InChI is InChI=1S/C16H12Br2F3N3O4/c1-3-22(15-11(17)4-8(2)5-12(15)18)14-10(16(19,20)21)6-9(23(25)26)7-13(14)24(27)28/h4-7H,3H2,1-2H3. The van der Waals surface area contributed by atoms with Crippen molar-refractivity contribution in [3.8, 4) is 0 Å².